The minimum atomic E-state index is -0.727. The van der Waals surface area contributed by atoms with Crippen LogP contribution < -0.4 is 19.5 Å². The topological polar surface area (TPSA) is 56.8 Å². The highest BCUT2D eigenvalue weighted by atomic mass is 16.6. The quantitative estimate of drug-likeness (QED) is 0.766. The van der Waals surface area contributed by atoms with Gasteiger partial charge in [-0.3, -0.25) is 4.79 Å². The first-order valence-corrected chi connectivity index (χ1v) is 8.31. The molecule has 0 bridgehead atoms. The van der Waals surface area contributed by atoms with Crippen LogP contribution in [0.5, 0.6) is 23.0 Å². The van der Waals surface area contributed by atoms with Crippen molar-refractivity contribution in [1.29, 1.82) is 0 Å². The summed E-state index contributed by atoms with van der Waals surface area (Å²) in [6, 6.07) is 24.0. The van der Waals surface area contributed by atoms with Crippen molar-refractivity contribution in [3.63, 3.8) is 0 Å². The van der Waals surface area contributed by atoms with E-state index in [1.165, 1.54) is 0 Å². The van der Waals surface area contributed by atoms with E-state index in [9.17, 15) is 4.79 Å². The molecule has 1 heterocycles. The minimum Gasteiger partial charge on any atom is -0.485 e. The average Bonchev–Trinajstić information content (AvgIpc) is 2.70. The van der Waals surface area contributed by atoms with Crippen LogP contribution in [0.2, 0.25) is 0 Å². The summed E-state index contributed by atoms with van der Waals surface area (Å²) in [6.07, 6.45) is -0.727. The molecule has 0 aromatic heterocycles. The SMILES string of the molecule is O=C(Nc1ccccc1Oc1ccccc1)[C@H]1COc2ccccc2O1. The van der Waals surface area contributed by atoms with Crippen LogP contribution in [0.25, 0.3) is 0 Å². The lowest BCUT2D eigenvalue weighted by molar-refractivity contribution is -0.125. The number of anilines is 1. The maximum atomic E-state index is 12.6. The summed E-state index contributed by atoms with van der Waals surface area (Å²) in [7, 11) is 0. The summed E-state index contributed by atoms with van der Waals surface area (Å²) in [5.74, 6) is 2.17. The third-order valence-corrected chi connectivity index (χ3v) is 3.92. The average molecular weight is 347 g/mol. The number of hydrogen-bond acceptors (Lipinski definition) is 4. The lowest BCUT2D eigenvalue weighted by Crippen LogP contribution is -2.40. The molecule has 0 radical (unpaired) electrons. The monoisotopic (exact) mass is 347 g/mol. The number of carbonyl (C=O) groups excluding carboxylic acids is 1. The first-order valence-electron chi connectivity index (χ1n) is 8.31. The zero-order valence-electron chi connectivity index (χ0n) is 13.9. The van der Waals surface area contributed by atoms with Crippen LogP contribution in [0.4, 0.5) is 5.69 Å². The molecular formula is C21H17NO4. The van der Waals surface area contributed by atoms with Gasteiger partial charge in [0.2, 0.25) is 6.10 Å². The van der Waals surface area contributed by atoms with Crippen LogP contribution in [-0.4, -0.2) is 18.6 Å². The van der Waals surface area contributed by atoms with Gasteiger partial charge in [-0.05, 0) is 36.4 Å². The molecule has 0 saturated heterocycles. The largest absolute Gasteiger partial charge is 0.485 e. The van der Waals surface area contributed by atoms with Crippen molar-refractivity contribution in [2.45, 2.75) is 6.10 Å². The summed E-state index contributed by atoms with van der Waals surface area (Å²) in [6.45, 7) is 0.157. The Morgan fingerprint density at radius 1 is 0.885 bits per heavy atom. The molecule has 3 aromatic carbocycles. The van der Waals surface area contributed by atoms with Crippen molar-refractivity contribution < 1.29 is 19.0 Å². The molecule has 5 heteroatoms. The molecule has 0 aliphatic carbocycles. The van der Waals surface area contributed by atoms with Crippen LogP contribution in [0.1, 0.15) is 0 Å². The summed E-state index contributed by atoms with van der Waals surface area (Å²) < 4.78 is 17.2. The Morgan fingerprint density at radius 2 is 1.58 bits per heavy atom. The van der Waals surface area contributed by atoms with Gasteiger partial charge in [-0.1, -0.05) is 42.5 Å². The second kappa shape index (κ2) is 7.19. The lowest BCUT2D eigenvalue weighted by atomic mass is 10.2. The second-order valence-corrected chi connectivity index (χ2v) is 5.76. The fourth-order valence-corrected chi connectivity index (χ4v) is 2.64. The summed E-state index contributed by atoms with van der Waals surface area (Å²) in [5.41, 5.74) is 0.573. The number of rotatable bonds is 4. The van der Waals surface area contributed by atoms with E-state index in [0.29, 0.717) is 28.7 Å². The van der Waals surface area contributed by atoms with Crippen LogP contribution in [0.3, 0.4) is 0 Å². The molecule has 1 amide bonds. The van der Waals surface area contributed by atoms with Crippen molar-refractivity contribution >= 4 is 11.6 Å². The Balaban J connectivity index is 1.48. The summed E-state index contributed by atoms with van der Waals surface area (Å²) in [4.78, 5) is 12.6. The van der Waals surface area contributed by atoms with Crippen molar-refractivity contribution in [3.8, 4) is 23.0 Å². The van der Waals surface area contributed by atoms with Gasteiger partial charge < -0.3 is 19.5 Å². The molecule has 130 valence electrons. The highest BCUT2D eigenvalue weighted by Crippen LogP contribution is 2.32. The predicted molar refractivity (Wildman–Crippen MR) is 97.9 cm³/mol. The molecule has 5 nitrogen and oxygen atoms in total. The van der Waals surface area contributed by atoms with Crippen LogP contribution in [0, 0.1) is 0 Å². The predicted octanol–water partition coefficient (Wildman–Crippen LogP) is 4.26. The molecule has 0 saturated carbocycles. The van der Waals surface area contributed by atoms with Gasteiger partial charge in [0.05, 0.1) is 5.69 Å². The maximum Gasteiger partial charge on any atom is 0.269 e. The third-order valence-electron chi connectivity index (χ3n) is 3.92. The molecule has 4 rings (SSSR count). The number of amides is 1. The van der Waals surface area contributed by atoms with E-state index in [0.717, 1.165) is 0 Å². The van der Waals surface area contributed by atoms with E-state index >= 15 is 0 Å². The van der Waals surface area contributed by atoms with E-state index in [2.05, 4.69) is 5.32 Å². The van der Waals surface area contributed by atoms with Gasteiger partial charge in [0.1, 0.15) is 12.4 Å². The number of nitrogens with one attached hydrogen (secondary N) is 1. The second-order valence-electron chi connectivity index (χ2n) is 5.76. The van der Waals surface area contributed by atoms with E-state index in [4.69, 9.17) is 14.2 Å². The molecule has 0 fully saturated rings. The minimum absolute atomic E-state index is 0.157. The highest BCUT2D eigenvalue weighted by molar-refractivity contribution is 5.96. The normalized spacial score (nSPS) is 15.2. The van der Waals surface area contributed by atoms with E-state index in [1.54, 1.807) is 18.2 Å². The molecule has 26 heavy (non-hydrogen) atoms. The van der Waals surface area contributed by atoms with Crippen molar-refractivity contribution in [3.05, 3.63) is 78.9 Å². The van der Waals surface area contributed by atoms with E-state index in [-0.39, 0.29) is 12.5 Å². The zero-order chi connectivity index (χ0) is 17.8. The Kier molecular flexibility index (Phi) is 4.43. The molecule has 1 atom stereocenters. The molecule has 1 aliphatic heterocycles. The van der Waals surface area contributed by atoms with Crippen molar-refractivity contribution in [1.82, 2.24) is 0 Å². The number of para-hydroxylation sites is 5. The van der Waals surface area contributed by atoms with Crippen LogP contribution >= 0.6 is 0 Å². The lowest BCUT2D eigenvalue weighted by Gasteiger charge is -2.25. The van der Waals surface area contributed by atoms with Crippen molar-refractivity contribution in [2.75, 3.05) is 11.9 Å². The van der Waals surface area contributed by atoms with Gasteiger partial charge in [-0.25, -0.2) is 0 Å². The fraction of sp³-hybridized carbons (Fsp3) is 0.0952. The molecular weight excluding hydrogens is 330 g/mol. The highest BCUT2D eigenvalue weighted by Gasteiger charge is 2.27. The van der Waals surface area contributed by atoms with Crippen LogP contribution in [-0.2, 0) is 4.79 Å². The summed E-state index contributed by atoms with van der Waals surface area (Å²) in [5, 5.41) is 2.86. The van der Waals surface area contributed by atoms with Crippen LogP contribution in [0.15, 0.2) is 78.9 Å². The maximum absolute atomic E-state index is 12.6. The Hall–Kier alpha value is -3.47. The Labute approximate surface area is 151 Å². The number of carbonyl (C=O) groups is 1. The number of benzene rings is 3. The van der Waals surface area contributed by atoms with Crippen molar-refractivity contribution in [2.24, 2.45) is 0 Å². The zero-order valence-corrected chi connectivity index (χ0v) is 13.9. The number of fused-ring (bicyclic) bond motifs is 1. The molecule has 3 aromatic rings. The van der Waals surface area contributed by atoms with Gasteiger partial charge >= 0.3 is 0 Å². The first-order chi connectivity index (χ1) is 12.8. The molecule has 1 N–H and O–H groups in total. The summed E-state index contributed by atoms with van der Waals surface area (Å²) >= 11 is 0. The van der Waals surface area contributed by atoms with Gasteiger partial charge in [0.15, 0.2) is 17.2 Å². The van der Waals surface area contributed by atoms with E-state index in [1.807, 2.05) is 60.7 Å². The fourth-order valence-electron chi connectivity index (χ4n) is 2.64. The Bertz CT molecular complexity index is 911. The smallest absolute Gasteiger partial charge is 0.269 e. The number of ether oxygens (including phenoxy) is 3. The van der Waals surface area contributed by atoms with Gasteiger partial charge in [-0.15, -0.1) is 0 Å². The van der Waals surface area contributed by atoms with Gasteiger partial charge in [0, 0.05) is 0 Å². The first kappa shape index (κ1) is 16.0. The van der Waals surface area contributed by atoms with E-state index < -0.39 is 6.10 Å². The Morgan fingerprint density at radius 3 is 2.42 bits per heavy atom. The third kappa shape index (κ3) is 3.47. The molecule has 0 spiro atoms. The van der Waals surface area contributed by atoms with Gasteiger partial charge in [0.25, 0.3) is 5.91 Å². The standard InChI is InChI=1S/C21H17NO4/c23-21(20-14-24-18-12-6-7-13-19(18)26-20)22-16-10-4-5-11-17(16)25-15-8-2-1-3-9-15/h1-13,20H,14H2,(H,22,23)/t20-/m1/s1. The van der Waals surface area contributed by atoms with Gasteiger partial charge in [-0.2, -0.15) is 0 Å². The molecule has 0 unspecified atom stereocenters. The molecule has 1 aliphatic rings. The number of hydrogen-bond donors (Lipinski definition) is 1.